The fourth-order valence-corrected chi connectivity index (χ4v) is 5.93. The van der Waals surface area contributed by atoms with Gasteiger partial charge in [-0.1, -0.05) is 25.3 Å². The fraction of sp³-hybridized carbons (Fsp3) is 0.516. The highest BCUT2D eigenvalue weighted by Crippen LogP contribution is 2.30. The number of carbonyl (C=O) groups excluding carboxylic acids is 2. The molecular weight excluding hydrogens is 548 g/mol. The summed E-state index contributed by atoms with van der Waals surface area (Å²) in [5, 5.41) is 6.37. The Kier molecular flexibility index (Phi) is 9.63. The molecule has 2 unspecified atom stereocenters. The van der Waals surface area contributed by atoms with E-state index in [1.165, 1.54) is 6.42 Å². The third-order valence-electron chi connectivity index (χ3n) is 8.27. The molecule has 2 aromatic heterocycles. The van der Waals surface area contributed by atoms with Crippen LogP contribution in [0.1, 0.15) is 62.7 Å². The van der Waals surface area contributed by atoms with E-state index < -0.39 is 0 Å². The molecule has 1 saturated carbocycles. The van der Waals surface area contributed by atoms with Crippen LogP contribution in [0.15, 0.2) is 43.0 Å². The van der Waals surface area contributed by atoms with Crippen molar-refractivity contribution in [3.8, 4) is 17.4 Å². The highest BCUT2D eigenvalue weighted by atomic mass is 16.5. The third-order valence-corrected chi connectivity index (χ3v) is 8.27. The minimum Gasteiger partial charge on any atom is -0.493 e. The van der Waals surface area contributed by atoms with Gasteiger partial charge in [0.25, 0.3) is 0 Å². The van der Waals surface area contributed by atoms with Gasteiger partial charge in [-0.05, 0) is 44.4 Å². The molecule has 3 heterocycles. The van der Waals surface area contributed by atoms with E-state index in [4.69, 9.17) is 14.5 Å². The number of anilines is 1. The van der Waals surface area contributed by atoms with E-state index in [9.17, 15) is 9.59 Å². The number of imidazole rings is 1. The van der Waals surface area contributed by atoms with E-state index in [0.29, 0.717) is 42.9 Å². The van der Waals surface area contributed by atoms with Gasteiger partial charge in [0.2, 0.25) is 11.9 Å². The molecule has 2 aliphatic rings. The van der Waals surface area contributed by atoms with Crippen LogP contribution in [-0.4, -0.2) is 82.3 Å². The summed E-state index contributed by atoms with van der Waals surface area (Å²) in [6, 6.07) is 7.15. The highest BCUT2D eigenvalue weighted by Gasteiger charge is 2.33. The number of urea groups is 1. The van der Waals surface area contributed by atoms with Crippen LogP contribution < -0.4 is 25.0 Å². The predicted octanol–water partition coefficient (Wildman–Crippen LogP) is 3.79. The zero-order valence-corrected chi connectivity index (χ0v) is 25.5. The Morgan fingerprint density at radius 1 is 1.05 bits per heavy atom. The largest absolute Gasteiger partial charge is 0.493 e. The van der Waals surface area contributed by atoms with Crippen molar-refractivity contribution in [2.75, 3.05) is 38.8 Å². The van der Waals surface area contributed by atoms with Crippen molar-refractivity contribution in [1.82, 2.24) is 35.1 Å². The second-order valence-electron chi connectivity index (χ2n) is 11.3. The molecule has 12 heteroatoms. The Bertz CT molecular complexity index is 1390. The molecule has 2 N–H and O–H groups in total. The van der Waals surface area contributed by atoms with E-state index in [1.54, 1.807) is 37.5 Å². The number of ether oxygens (including phenoxy) is 2. The first kappa shape index (κ1) is 30.1. The zero-order chi connectivity index (χ0) is 30.3. The lowest BCUT2D eigenvalue weighted by Crippen LogP contribution is -2.59. The van der Waals surface area contributed by atoms with E-state index in [2.05, 4.69) is 25.5 Å². The molecule has 5 rings (SSSR count). The molecule has 43 heavy (non-hydrogen) atoms. The smallest absolute Gasteiger partial charge is 0.317 e. The van der Waals surface area contributed by atoms with Crippen LogP contribution in [0.3, 0.4) is 0 Å². The first-order valence-corrected chi connectivity index (χ1v) is 15.0. The van der Waals surface area contributed by atoms with Crippen molar-refractivity contribution < 1.29 is 19.1 Å². The van der Waals surface area contributed by atoms with Gasteiger partial charge >= 0.3 is 6.03 Å². The number of piperazine rings is 1. The maximum atomic E-state index is 13.5. The molecule has 0 spiro atoms. The van der Waals surface area contributed by atoms with Gasteiger partial charge in [-0.25, -0.2) is 14.8 Å². The maximum Gasteiger partial charge on any atom is 0.317 e. The van der Waals surface area contributed by atoms with Crippen LogP contribution in [-0.2, 0) is 4.79 Å². The topological polar surface area (TPSA) is 127 Å². The van der Waals surface area contributed by atoms with Crippen LogP contribution in [0.2, 0.25) is 0 Å². The van der Waals surface area contributed by atoms with Gasteiger partial charge in [-0.3, -0.25) is 9.36 Å². The number of hydrogen-bond acceptors (Lipinski definition) is 8. The number of aromatic nitrogens is 4. The molecule has 1 aromatic carbocycles. The third kappa shape index (κ3) is 7.36. The second kappa shape index (κ2) is 13.7. The standard InChI is InChI=1S/C31H42N8O4/c1-21-16-28(36-30(33-21)38-13-12-32-20-38)39-15-14-37(31(41)35-24-8-6-5-7-9-24)19-25(39)18-29(40)34-22(2)23-10-11-26(42-3)27(17-23)43-4/h10-13,16-17,20,22,24-25H,5-9,14-15,18-19H2,1-4H3,(H,34,40)(H,35,41). The summed E-state index contributed by atoms with van der Waals surface area (Å²) in [4.78, 5) is 44.3. The molecule has 1 aliphatic heterocycles. The monoisotopic (exact) mass is 590 g/mol. The van der Waals surface area contributed by atoms with Crippen LogP contribution >= 0.6 is 0 Å². The van der Waals surface area contributed by atoms with Gasteiger partial charge < -0.3 is 29.9 Å². The number of nitrogens with zero attached hydrogens (tertiary/aromatic N) is 6. The molecule has 2 fully saturated rings. The molecule has 3 amide bonds. The van der Waals surface area contributed by atoms with E-state index in [-0.39, 0.29) is 36.5 Å². The van der Waals surface area contributed by atoms with Crippen LogP contribution in [0.25, 0.3) is 5.95 Å². The summed E-state index contributed by atoms with van der Waals surface area (Å²) < 4.78 is 12.6. The van der Waals surface area contributed by atoms with Crippen molar-refractivity contribution in [3.05, 3.63) is 54.2 Å². The summed E-state index contributed by atoms with van der Waals surface area (Å²) in [6.45, 7) is 5.34. The molecule has 230 valence electrons. The first-order chi connectivity index (χ1) is 20.8. The molecular formula is C31H42N8O4. The SMILES string of the molecule is COc1ccc(C(C)NC(=O)CC2CN(C(=O)NC3CCCCC3)CCN2c2cc(C)nc(-n3ccnc3)n2)cc1OC. The minimum atomic E-state index is -0.284. The average molecular weight is 591 g/mol. The maximum absolute atomic E-state index is 13.5. The number of hydrogen-bond donors (Lipinski definition) is 2. The lowest BCUT2D eigenvalue weighted by Gasteiger charge is -2.42. The Hall–Kier alpha value is -4.35. The summed E-state index contributed by atoms with van der Waals surface area (Å²) in [5.41, 5.74) is 1.70. The van der Waals surface area contributed by atoms with Gasteiger partial charge in [-0.2, -0.15) is 4.98 Å². The number of rotatable bonds is 9. The summed E-state index contributed by atoms with van der Waals surface area (Å²) in [5.74, 6) is 2.34. The molecule has 3 aromatic rings. The molecule has 12 nitrogen and oxygen atoms in total. The zero-order valence-electron chi connectivity index (χ0n) is 25.5. The molecule has 0 bridgehead atoms. The van der Waals surface area contributed by atoms with Gasteiger partial charge in [-0.15, -0.1) is 0 Å². The van der Waals surface area contributed by atoms with Gasteiger partial charge in [0.1, 0.15) is 12.1 Å². The molecule has 1 aliphatic carbocycles. The molecule has 2 atom stereocenters. The van der Waals surface area contributed by atoms with E-state index in [0.717, 1.165) is 36.9 Å². The summed E-state index contributed by atoms with van der Waals surface area (Å²) in [7, 11) is 3.18. The number of carbonyl (C=O) groups is 2. The predicted molar refractivity (Wildman–Crippen MR) is 163 cm³/mol. The quantitative estimate of drug-likeness (QED) is 0.386. The summed E-state index contributed by atoms with van der Waals surface area (Å²) >= 11 is 0. The molecule has 0 radical (unpaired) electrons. The molecule has 1 saturated heterocycles. The van der Waals surface area contributed by atoms with Crippen LogP contribution in [0.4, 0.5) is 10.6 Å². The van der Waals surface area contributed by atoms with Crippen LogP contribution in [0, 0.1) is 6.92 Å². The van der Waals surface area contributed by atoms with E-state index in [1.807, 2.05) is 43.0 Å². The minimum absolute atomic E-state index is 0.0615. The van der Waals surface area contributed by atoms with Crippen molar-refractivity contribution in [2.45, 2.75) is 70.5 Å². The van der Waals surface area contributed by atoms with Crippen molar-refractivity contribution in [1.29, 1.82) is 0 Å². The lowest BCUT2D eigenvalue weighted by atomic mass is 9.96. The van der Waals surface area contributed by atoms with Gasteiger partial charge in [0.05, 0.1) is 26.3 Å². The number of amides is 3. The van der Waals surface area contributed by atoms with Crippen molar-refractivity contribution >= 4 is 17.8 Å². The Morgan fingerprint density at radius 3 is 2.56 bits per heavy atom. The van der Waals surface area contributed by atoms with Crippen molar-refractivity contribution in [2.24, 2.45) is 0 Å². The second-order valence-corrected chi connectivity index (χ2v) is 11.3. The number of benzene rings is 1. The van der Waals surface area contributed by atoms with Gasteiger partial charge in [0, 0.05) is 56.3 Å². The average Bonchev–Trinajstić information content (AvgIpc) is 3.56. The van der Waals surface area contributed by atoms with E-state index >= 15 is 0 Å². The van der Waals surface area contributed by atoms with Crippen LogP contribution in [0.5, 0.6) is 11.5 Å². The first-order valence-electron chi connectivity index (χ1n) is 15.0. The number of nitrogens with one attached hydrogen (secondary N) is 2. The Morgan fingerprint density at radius 2 is 1.84 bits per heavy atom. The highest BCUT2D eigenvalue weighted by molar-refractivity contribution is 5.79. The van der Waals surface area contributed by atoms with Crippen molar-refractivity contribution in [3.63, 3.8) is 0 Å². The Balaban J connectivity index is 1.34. The summed E-state index contributed by atoms with van der Waals surface area (Å²) in [6.07, 6.45) is 10.9. The number of methoxy groups -OCH3 is 2. The fourth-order valence-electron chi connectivity index (χ4n) is 5.93. The van der Waals surface area contributed by atoms with Gasteiger partial charge in [0.15, 0.2) is 11.5 Å². The number of aryl methyl sites for hydroxylation is 1. The lowest BCUT2D eigenvalue weighted by molar-refractivity contribution is -0.122. The Labute approximate surface area is 252 Å². The normalized spacial score (nSPS) is 18.2.